The van der Waals surface area contributed by atoms with Crippen molar-refractivity contribution in [1.82, 2.24) is 4.90 Å². The van der Waals surface area contributed by atoms with E-state index in [1.54, 1.807) is 0 Å². The van der Waals surface area contributed by atoms with E-state index in [0.29, 0.717) is 6.54 Å². The highest BCUT2D eigenvalue weighted by Crippen LogP contribution is 2.19. The smallest absolute Gasteiger partial charge is 0.238 e. The Bertz CT molecular complexity index is 636. The summed E-state index contributed by atoms with van der Waals surface area (Å²) in [6.07, 6.45) is 2.40. The predicted octanol–water partition coefficient (Wildman–Crippen LogP) is 3.93. The number of anilines is 1. The Morgan fingerprint density at radius 3 is 2.55 bits per heavy atom. The number of fused-ring (bicyclic) bond motifs is 1. The fourth-order valence-electron chi connectivity index (χ4n) is 2.89. The molecule has 1 amide bonds. The molecule has 3 nitrogen and oxygen atoms in total. The van der Waals surface area contributed by atoms with Gasteiger partial charge < -0.3 is 5.32 Å². The van der Waals surface area contributed by atoms with Crippen molar-refractivity contribution >= 4 is 34.8 Å². The van der Waals surface area contributed by atoms with Gasteiger partial charge in [0, 0.05) is 5.69 Å². The first kappa shape index (κ1) is 16.8. The number of halogens is 1. The normalized spacial score (nSPS) is 16.2. The largest absolute Gasteiger partial charge is 0.325 e. The number of amides is 1. The molecule has 118 valence electrons. The molecule has 1 heterocycles. The molecule has 1 fully saturated rings. The molecule has 3 rings (SSSR count). The lowest BCUT2D eigenvalue weighted by molar-refractivity contribution is -0.117. The highest BCUT2D eigenvalue weighted by molar-refractivity contribution is 5.95. The van der Waals surface area contributed by atoms with Crippen LogP contribution in [0.2, 0.25) is 0 Å². The summed E-state index contributed by atoms with van der Waals surface area (Å²) in [6.45, 7) is 4.85. The maximum atomic E-state index is 12.1. The lowest BCUT2D eigenvalue weighted by Gasteiger charge is -2.29. The third kappa shape index (κ3) is 4.21. The van der Waals surface area contributed by atoms with Crippen molar-refractivity contribution in [2.75, 3.05) is 25.0 Å². The SMILES string of the molecule is CC1CCN(CC(=O)Nc2ccc3ccccc3c2)CC1.Cl. The van der Waals surface area contributed by atoms with Crippen molar-refractivity contribution in [3.8, 4) is 0 Å². The zero-order valence-electron chi connectivity index (χ0n) is 12.9. The third-order valence-corrected chi connectivity index (χ3v) is 4.28. The minimum Gasteiger partial charge on any atom is -0.325 e. The van der Waals surface area contributed by atoms with Gasteiger partial charge in [-0.05, 0) is 54.8 Å². The Morgan fingerprint density at radius 2 is 1.82 bits per heavy atom. The average molecular weight is 319 g/mol. The van der Waals surface area contributed by atoms with Crippen LogP contribution in [0.15, 0.2) is 42.5 Å². The Balaban J connectivity index is 0.00000176. The van der Waals surface area contributed by atoms with E-state index in [1.807, 2.05) is 30.3 Å². The number of hydrogen-bond acceptors (Lipinski definition) is 2. The second kappa shape index (κ2) is 7.61. The maximum Gasteiger partial charge on any atom is 0.238 e. The molecule has 0 bridgehead atoms. The number of carbonyl (C=O) groups is 1. The van der Waals surface area contributed by atoms with Crippen LogP contribution in [0.3, 0.4) is 0 Å². The van der Waals surface area contributed by atoms with Gasteiger partial charge in [-0.25, -0.2) is 0 Å². The molecule has 0 spiro atoms. The molecular formula is C18H23ClN2O. The average Bonchev–Trinajstić information content (AvgIpc) is 2.49. The molecule has 1 N–H and O–H groups in total. The van der Waals surface area contributed by atoms with E-state index in [9.17, 15) is 4.79 Å². The molecule has 0 atom stereocenters. The van der Waals surface area contributed by atoms with Crippen LogP contribution >= 0.6 is 12.4 Å². The van der Waals surface area contributed by atoms with Crippen molar-refractivity contribution in [2.45, 2.75) is 19.8 Å². The fraction of sp³-hybridized carbons (Fsp3) is 0.389. The van der Waals surface area contributed by atoms with Gasteiger partial charge in [-0.1, -0.05) is 37.3 Å². The number of carbonyl (C=O) groups excluding carboxylic acids is 1. The monoisotopic (exact) mass is 318 g/mol. The van der Waals surface area contributed by atoms with Gasteiger partial charge in [-0.2, -0.15) is 0 Å². The molecule has 2 aromatic carbocycles. The molecule has 22 heavy (non-hydrogen) atoms. The Hall–Kier alpha value is -1.58. The first-order chi connectivity index (χ1) is 10.2. The van der Waals surface area contributed by atoms with Gasteiger partial charge in [0.05, 0.1) is 6.54 Å². The predicted molar refractivity (Wildman–Crippen MR) is 94.7 cm³/mol. The standard InChI is InChI=1S/C18H22N2O.ClH/c1-14-8-10-20(11-9-14)13-18(21)19-17-7-6-15-4-2-3-5-16(15)12-17;/h2-7,12,14H,8-11,13H2,1H3,(H,19,21);1H. The van der Waals surface area contributed by atoms with Crippen molar-refractivity contribution in [2.24, 2.45) is 5.92 Å². The Kier molecular flexibility index (Phi) is 5.81. The molecule has 0 aromatic heterocycles. The number of benzene rings is 2. The summed E-state index contributed by atoms with van der Waals surface area (Å²) in [5.41, 5.74) is 0.879. The summed E-state index contributed by atoms with van der Waals surface area (Å²) in [4.78, 5) is 14.4. The van der Waals surface area contributed by atoms with Crippen LogP contribution in [0.5, 0.6) is 0 Å². The van der Waals surface area contributed by atoms with Gasteiger partial charge in [-0.3, -0.25) is 9.69 Å². The fourth-order valence-corrected chi connectivity index (χ4v) is 2.89. The Labute approximate surface area is 138 Å². The number of piperidine rings is 1. The zero-order chi connectivity index (χ0) is 14.7. The van der Waals surface area contributed by atoms with Crippen LogP contribution in [0, 0.1) is 5.92 Å². The number of nitrogens with one attached hydrogen (secondary N) is 1. The second-order valence-corrected chi connectivity index (χ2v) is 6.07. The van der Waals surface area contributed by atoms with E-state index < -0.39 is 0 Å². The van der Waals surface area contributed by atoms with Crippen molar-refractivity contribution in [1.29, 1.82) is 0 Å². The first-order valence-corrected chi connectivity index (χ1v) is 7.72. The van der Waals surface area contributed by atoms with Gasteiger partial charge in [0.25, 0.3) is 0 Å². The zero-order valence-corrected chi connectivity index (χ0v) is 13.7. The number of nitrogens with zero attached hydrogens (tertiary/aromatic N) is 1. The highest BCUT2D eigenvalue weighted by atomic mass is 35.5. The van der Waals surface area contributed by atoms with E-state index in [1.165, 1.54) is 18.2 Å². The summed E-state index contributed by atoms with van der Waals surface area (Å²) < 4.78 is 0. The first-order valence-electron chi connectivity index (χ1n) is 7.72. The maximum absolute atomic E-state index is 12.1. The van der Waals surface area contributed by atoms with Crippen LogP contribution in [-0.2, 0) is 4.79 Å². The van der Waals surface area contributed by atoms with Crippen molar-refractivity contribution < 1.29 is 4.79 Å². The molecule has 0 unspecified atom stereocenters. The number of likely N-dealkylation sites (tertiary alicyclic amines) is 1. The molecular weight excluding hydrogens is 296 g/mol. The van der Waals surface area contributed by atoms with E-state index in [4.69, 9.17) is 0 Å². The van der Waals surface area contributed by atoms with Gasteiger partial charge in [-0.15, -0.1) is 12.4 Å². The van der Waals surface area contributed by atoms with E-state index in [0.717, 1.165) is 30.1 Å². The lowest BCUT2D eigenvalue weighted by atomic mass is 9.99. The molecule has 0 saturated carbocycles. The summed E-state index contributed by atoms with van der Waals surface area (Å²) >= 11 is 0. The molecule has 0 aliphatic carbocycles. The highest BCUT2D eigenvalue weighted by Gasteiger charge is 2.17. The molecule has 0 radical (unpaired) electrons. The Morgan fingerprint density at radius 1 is 1.14 bits per heavy atom. The van der Waals surface area contributed by atoms with Crippen LogP contribution in [-0.4, -0.2) is 30.4 Å². The minimum atomic E-state index is 0. The third-order valence-electron chi connectivity index (χ3n) is 4.28. The summed E-state index contributed by atoms with van der Waals surface area (Å²) in [5.74, 6) is 0.879. The van der Waals surface area contributed by atoms with Gasteiger partial charge in [0.15, 0.2) is 0 Å². The summed E-state index contributed by atoms with van der Waals surface area (Å²) in [7, 11) is 0. The molecule has 1 aliphatic heterocycles. The van der Waals surface area contributed by atoms with Gasteiger partial charge >= 0.3 is 0 Å². The van der Waals surface area contributed by atoms with Crippen molar-refractivity contribution in [3.05, 3.63) is 42.5 Å². The molecule has 1 aliphatic rings. The van der Waals surface area contributed by atoms with Crippen LogP contribution in [0.4, 0.5) is 5.69 Å². The molecule has 1 saturated heterocycles. The number of hydrogen-bond donors (Lipinski definition) is 1. The quantitative estimate of drug-likeness (QED) is 0.930. The topological polar surface area (TPSA) is 32.3 Å². The molecule has 2 aromatic rings. The summed E-state index contributed by atoms with van der Waals surface area (Å²) in [5, 5.41) is 5.36. The summed E-state index contributed by atoms with van der Waals surface area (Å²) in [6, 6.07) is 14.2. The lowest BCUT2D eigenvalue weighted by Crippen LogP contribution is -2.38. The van der Waals surface area contributed by atoms with E-state index in [-0.39, 0.29) is 18.3 Å². The van der Waals surface area contributed by atoms with Crippen LogP contribution in [0.25, 0.3) is 10.8 Å². The van der Waals surface area contributed by atoms with Crippen LogP contribution in [0.1, 0.15) is 19.8 Å². The van der Waals surface area contributed by atoms with E-state index >= 15 is 0 Å². The number of rotatable bonds is 3. The van der Waals surface area contributed by atoms with Gasteiger partial charge in [0.1, 0.15) is 0 Å². The second-order valence-electron chi connectivity index (χ2n) is 6.07. The van der Waals surface area contributed by atoms with E-state index in [2.05, 4.69) is 29.3 Å². The minimum absolute atomic E-state index is 0. The molecule has 4 heteroatoms. The van der Waals surface area contributed by atoms with Gasteiger partial charge in [0.2, 0.25) is 5.91 Å². The van der Waals surface area contributed by atoms with Crippen molar-refractivity contribution in [3.63, 3.8) is 0 Å². The van der Waals surface area contributed by atoms with Crippen LogP contribution < -0.4 is 5.32 Å².